The molecule has 0 spiro atoms. The molecule has 3 aromatic heterocycles. The quantitative estimate of drug-likeness (QED) is 0.427. The molecule has 4 rings (SSSR count). The molecule has 4 aromatic rings. The number of anilines is 1. The van der Waals surface area contributed by atoms with Crippen molar-refractivity contribution in [2.45, 2.75) is 19.5 Å². The van der Waals surface area contributed by atoms with E-state index >= 15 is 0 Å². The highest BCUT2D eigenvalue weighted by Crippen LogP contribution is 2.26. The Bertz CT molecular complexity index is 1180. The maximum absolute atomic E-state index is 11.8. The second-order valence-corrected chi connectivity index (χ2v) is 7.08. The van der Waals surface area contributed by atoms with Crippen LogP contribution in [0, 0.1) is 0 Å². The van der Waals surface area contributed by atoms with E-state index in [0.29, 0.717) is 48.1 Å². The van der Waals surface area contributed by atoms with Crippen molar-refractivity contribution in [3.05, 3.63) is 47.1 Å². The lowest BCUT2D eigenvalue weighted by atomic mass is 10.1. The number of carbonyl (C=O) groups excluding carboxylic acids is 1. The molecule has 150 valence electrons. The van der Waals surface area contributed by atoms with Crippen molar-refractivity contribution < 1.29 is 9.53 Å². The first kappa shape index (κ1) is 19.2. The number of halogens is 1. The van der Waals surface area contributed by atoms with Crippen LogP contribution in [0.15, 0.2) is 30.9 Å². The third kappa shape index (κ3) is 4.01. The zero-order valence-electron chi connectivity index (χ0n) is 15.8. The van der Waals surface area contributed by atoms with Crippen molar-refractivity contribution in [2.75, 3.05) is 19.5 Å². The molecule has 0 saturated heterocycles. The van der Waals surface area contributed by atoms with Gasteiger partial charge in [-0.1, -0.05) is 11.6 Å². The van der Waals surface area contributed by atoms with Crippen molar-refractivity contribution in [3.8, 4) is 0 Å². The highest BCUT2D eigenvalue weighted by atomic mass is 35.5. The molecule has 1 amide bonds. The first-order chi connectivity index (χ1) is 14.0. The van der Waals surface area contributed by atoms with Gasteiger partial charge in [0.05, 0.1) is 31.5 Å². The summed E-state index contributed by atoms with van der Waals surface area (Å²) in [6, 6.07) is 5.77. The number of hydrogen-bond donors (Lipinski definition) is 3. The Labute approximate surface area is 171 Å². The second kappa shape index (κ2) is 8.06. The number of aromatic amines is 1. The summed E-state index contributed by atoms with van der Waals surface area (Å²) in [7, 11) is 1.57. The number of fused-ring (bicyclic) bond motifs is 2. The Morgan fingerprint density at radius 1 is 1.31 bits per heavy atom. The summed E-state index contributed by atoms with van der Waals surface area (Å²) in [6.45, 7) is 1.29. The van der Waals surface area contributed by atoms with E-state index in [1.54, 1.807) is 13.4 Å². The summed E-state index contributed by atoms with van der Waals surface area (Å²) < 4.78 is 6.82. The number of imidazole rings is 1. The molecule has 0 aliphatic rings. The zero-order valence-corrected chi connectivity index (χ0v) is 16.5. The lowest BCUT2D eigenvalue weighted by molar-refractivity contribution is -0.122. The van der Waals surface area contributed by atoms with Crippen LogP contribution in [0.4, 0.5) is 5.82 Å². The molecule has 1 aromatic carbocycles. The monoisotopic (exact) mass is 413 g/mol. The van der Waals surface area contributed by atoms with E-state index in [-0.39, 0.29) is 5.91 Å². The summed E-state index contributed by atoms with van der Waals surface area (Å²) in [6.07, 6.45) is 3.43. The minimum absolute atomic E-state index is 0.0640. The van der Waals surface area contributed by atoms with Gasteiger partial charge in [-0.3, -0.25) is 4.79 Å². The summed E-state index contributed by atoms with van der Waals surface area (Å²) in [5.41, 5.74) is 9.90. The average molecular weight is 414 g/mol. The lowest BCUT2D eigenvalue weighted by Crippen LogP contribution is -2.23. The normalized spacial score (nSPS) is 11.4. The van der Waals surface area contributed by atoms with Crippen molar-refractivity contribution in [2.24, 2.45) is 0 Å². The van der Waals surface area contributed by atoms with Gasteiger partial charge < -0.3 is 25.3 Å². The van der Waals surface area contributed by atoms with Crippen LogP contribution < -0.4 is 11.1 Å². The Hall–Kier alpha value is -3.17. The van der Waals surface area contributed by atoms with Crippen LogP contribution in [0.2, 0.25) is 5.02 Å². The molecule has 29 heavy (non-hydrogen) atoms. The highest BCUT2D eigenvalue weighted by Gasteiger charge is 2.13. The van der Waals surface area contributed by atoms with Crippen LogP contribution in [0.3, 0.4) is 0 Å². The number of nitrogens with zero attached hydrogens (tertiary/aromatic N) is 4. The van der Waals surface area contributed by atoms with Gasteiger partial charge in [-0.15, -0.1) is 0 Å². The van der Waals surface area contributed by atoms with Crippen LogP contribution in [0.5, 0.6) is 0 Å². The smallest absolute Gasteiger partial charge is 0.222 e. The molecule has 3 heterocycles. The Morgan fingerprint density at radius 3 is 3.00 bits per heavy atom. The number of rotatable bonds is 7. The first-order valence-corrected chi connectivity index (χ1v) is 9.40. The van der Waals surface area contributed by atoms with Crippen molar-refractivity contribution >= 4 is 45.4 Å². The van der Waals surface area contributed by atoms with E-state index in [4.69, 9.17) is 22.1 Å². The number of carbonyl (C=O) groups is 1. The molecule has 0 radical (unpaired) electrons. The number of benzene rings is 1. The number of methoxy groups -OCH3 is 1. The van der Waals surface area contributed by atoms with Crippen LogP contribution >= 0.6 is 11.6 Å². The molecule has 0 saturated carbocycles. The Kier molecular flexibility index (Phi) is 5.32. The molecule has 0 atom stereocenters. The summed E-state index contributed by atoms with van der Waals surface area (Å²) in [4.78, 5) is 27.8. The van der Waals surface area contributed by atoms with Crippen molar-refractivity contribution in [3.63, 3.8) is 0 Å². The number of H-pyrrole nitrogens is 1. The van der Waals surface area contributed by atoms with Gasteiger partial charge in [0.2, 0.25) is 5.91 Å². The fourth-order valence-corrected chi connectivity index (χ4v) is 3.48. The van der Waals surface area contributed by atoms with Gasteiger partial charge in [0.25, 0.3) is 0 Å². The topological polar surface area (TPSA) is 124 Å². The summed E-state index contributed by atoms with van der Waals surface area (Å²) in [5, 5.41) is 4.47. The molecule has 0 unspecified atom stereocenters. The van der Waals surface area contributed by atoms with Crippen molar-refractivity contribution in [1.82, 2.24) is 29.8 Å². The minimum Gasteiger partial charge on any atom is -0.384 e. The maximum Gasteiger partial charge on any atom is 0.222 e. The predicted octanol–water partition coefficient (Wildman–Crippen LogP) is 2.24. The zero-order chi connectivity index (χ0) is 20.4. The van der Waals surface area contributed by atoms with Crippen LogP contribution in [-0.4, -0.2) is 44.1 Å². The van der Waals surface area contributed by atoms with Gasteiger partial charge >= 0.3 is 0 Å². The van der Waals surface area contributed by atoms with Crippen LogP contribution in [-0.2, 0) is 22.6 Å². The fraction of sp³-hybridized carbons (Fsp3) is 0.263. The molecular formula is C19H20ClN7O2. The number of hydrogen-bond acceptors (Lipinski definition) is 6. The predicted molar refractivity (Wildman–Crippen MR) is 110 cm³/mol. The average Bonchev–Trinajstić information content (AvgIpc) is 3.29. The highest BCUT2D eigenvalue weighted by molar-refractivity contribution is 6.31. The largest absolute Gasteiger partial charge is 0.384 e. The molecule has 4 N–H and O–H groups in total. The number of nitrogen functional groups attached to an aromatic ring is 1. The third-order valence-corrected chi connectivity index (χ3v) is 4.83. The molecular weight excluding hydrogens is 394 g/mol. The molecule has 0 aliphatic carbocycles. The van der Waals surface area contributed by atoms with Gasteiger partial charge in [0, 0.05) is 29.6 Å². The first-order valence-electron chi connectivity index (χ1n) is 9.02. The molecule has 9 nitrogen and oxygen atoms in total. The molecule has 0 fully saturated rings. The number of ether oxygens (including phenoxy) is 1. The van der Waals surface area contributed by atoms with E-state index in [1.165, 1.54) is 6.33 Å². The molecule has 0 bridgehead atoms. The third-order valence-electron chi connectivity index (χ3n) is 4.61. The van der Waals surface area contributed by atoms with E-state index < -0.39 is 0 Å². The van der Waals surface area contributed by atoms with Crippen LogP contribution in [0.25, 0.3) is 22.1 Å². The fourth-order valence-electron chi connectivity index (χ4n) is 3.23. The number of amides is 1. The van der Waals surface area contributed by atoms with Gasteiger partial charge in [-0.2, -0.15) is 0 Å². The van der Waals surface area contributed by atoms with Gasteiger partial charge in [0.1, 0.15) is 11.8 Å². The number of aromatic nitrogens is 5. The minimum atomic E-state index is -0.0640. The van der Waals surface area contributed by atoms with Gasteiger partial charge in [-0.25, -0.2) is 15.0 Å². The van der Waals surface area contributed by atoms with Gasteiger partial charge in [0.15, 0.2) is 11.5 Å². The van der Waals surface area contributed by atoms with E-state index in [0.717, 1.165) is 22.2 Å². The summed E-state index contributed by atoms with van der Waals surface area (Å²) >= 11 is 6.33. The van der Waals surface area contributed by atoms with E-state index in [9.17, 15) is 4.79 Å². The van der Waals surface area contributed by atoms with Gasteiger partial charge in [-0.05, 0) is 23.8 Å². The van der Waals surface area contributed by atoms with Crippen molar-refractivity contribution in [1.29, 1.82) is 0 Å². The Balaban J connectivity index is 1.61. The summed E-state index contributed by atoms with van der Waals surface area (Å²) in [5.74, 6) is 0.280. The molecule has 0 aliphatic heterocycles. The van der Waals surface area contributed by atoms with E-state index in [1.807, 2.05) is 22.8 Å². The molecule has 10 heteroatoms. The Morgan fingerprint density at radius 2 is 2.17 bits per heavy atom. The van der Waals surface area contributed by atoms with E-state index in [2.05, 4.69) is 25.3 Å². The lowest BCUT2D eigenvalue weighted by Gasteiger charge is -2.07. The van der Waals surface area contributed by atoms with Crippen LogP contribution in [0.1, 0.15) is 17.7 Å². The number of nitrogens with two attached hydrogens (primary N) is 1. The second-order valence-electron chi connectivity index (χ2n) is 6.65. The number of nitrogens with one attached hydrogen (secondary N) is 2. The maximum atomic E-state index is 11.8. The SMILES string of the molecule is COCCC(=O)NCc1cc2cc(Cl)cc(Cn3cnc4c(N)ncnc43)c2[nH]1. The standard InChI is InChI=1S/C19H20ClN7O2/c1-29-3-2-15(28)22-7-14-6-11-4-13(20)5-12(16(11)26-14)8-27-10-25-17-18(21)23-9-24-19(17)27/h4-6,9-10,26H,2-3,7-8H2,1H3,(H,22,28)(H2,21,23,24).